The molecule has 0 N–H and O–H groups in total. The van der Waals surface area contributed by atoms with E-state index in [0.717, 1.165) is 13.5 Å². The van der Waals surface area contributed by atoms with E-state index in [1.54, 1.807) is 0 Å². The molecule has 0 aliphatic heterocycles. The molecule has 1 rings (SSSR count). The highest BCUT2D eigenvalue weighted by Crippen LogP contribution is 2.10. The maximum atomic E-state index is 5.52. The lowest BCUT2D eigenvalue weighted by atomic mass is 9.97. The van der Waals surface area contributed by atoms with Gasteiger partial charge in [0.15, 0.2) is 0 Å². The molecule has 1 aromatic carbocycles. The molecule has 0 heterocycles. The topological polar surface area (TPSA) is 0 Å². The Balaban J connectivity index is 3.17. The van der Waals surface area contributed by atoms with Crippen molar-refractivity contribution in [1.29, 1.82) is 0 Å². The molecule has 2 radical (unpaired) electrons. The zero-order valence-electron chi connectivity index (χ0n) is 4.57. The Hall–Kier alpha value is 0.495. The molecule has 0 aliphatic rings. The summed E-state index contributed by atoms with van der Waals surface area (Å²) < 4.78 is 2.19. The highest BCUT2D eigenvalue weighted by atomic mass is 127. The average molecular weight is 293 g/mol. The molecule has 0 amide bonds. The number of halogens is 2. The summed E-state index contributed by atoms with van der Waals surface area (Å²) in [6.45, 7) is 0. The molecule has 0 nitrogen and oxygen atoms in total. The van der Waals surface area contributed by atoms with Crippen molar-refractivity contribution in [3.05, 3.63) is 26.2 Å². The molecule has 0 atom stereocenters. The fraction of sp³-hybridized carbons (Fsp3) is 0. The predicted molar refractivity (Wildman–Crippen MR) is 52.2 cm³/mol. The molecule has 0 bridgehead atoms. The van der Waals surface area contributed by atoms with E-state index in [4.69, 9.17) is 7.85 Å². The predicted octanol–water partition coefficient (Wildman–Crippen LogP) is 1.85. The van der Waals surface area contributed by atoms with Gasteiger partial charge in [-0.1, -0.05) is 33.5 Å². The van der Waals surface area contributed by atoms with Gasteiger partial charge in [-0.05, 0) is 28.7 Å². The van der Waals surface area contributed by atoms with Crippen LogP contribution in [0.1, 0.15) is 0 Å². The largest absolute Gasteiger partial charge is 0.113 e. The van der Waals surface area contributed by atoms with Crippen LogP contribution < -0.4 is 5.46 Å². The average Bonchev–Trinajstić information content (AvgIpc) is 1.59. The zero-order valence-corrected chi connectivity index (χ0v) is 8.31. The Bertz CT molecular complexity index is 174. The Kier molecular flexibility index (Phi) is 2.58. The Morgan fingerprint density at radius 2 is 2.00 bits per heavy atom. The van der Waals surface area contributed by atoms with Gasteiger partial charge in [0.2, 0.25) is 0 Å². The Labute approximate surface area is 77.7 Å². The van der Waals surface area contributed by atoms with E-state index in [2.05, 4.69) is 38.5 Å². The second-order valence-electron chi connectivity index (χ2n) is 1.70. The van der Waals surface area contributed by atoms with Crippen LogP contribution in [-0.2, 0) is 0 Å². The number of rotatable bonds is 0. The minimum atomic E-state index is 0.800. The summed E-state index contributed by atoms with van der Waals surface area (Å²) >= 11 is 5.55. The molecular formula is C6H3BBrI. The quantitative estimate of drug-likeness (QED) is 0.506. The van der Waals surface area contributed by atoms with Gasteiger partial charge in [-0.15, -0.1) is 0 Å². The van der Waals surface area contributed by atoms with Crippen LogP contribution in [0.2, 0.25) is 0 Å². The third-order valence-electron chi connectivity index (χ3n) is 0.885. The van der Waals surface area contributed by atoms with Gasteiger partial charge >= 0.3 is 0 Å². The van der Waals surface area contributed by atoms with Gasteiger partial charge in [-0.3, -0.25) is 0 Å². The molecule has 9 heavy (non-hydrogen) atoms. The van der Waals surface area contributed by atoms with E-state index in [0.29, 0.717) is 0 Å². The van der Waals surface area contributed by atoms with Crippen LogP contribution in [0.15, 0.2) is 22.7 Å². The minimum Gasteiger partial charge on any atom is -0.0945 e. The summed E-state index contributed by atoms with van der Waals surface area (Å²) in [6.07, 6.45) is 0. The fourth-order valence-electron chi connectivity index (χ4n) is 0.575. The van der Waals surface area contributed by atoms with E-state index in [1.165, 1.54) is 0 Å². The molecule has 0 saturated carbocycles. The van der Waals surface area contributed by atoms with E-state index in [-0.39, 0.29) is 0 Å². The highest BCUT2D eigenvalue weighted by Gasteiger charge is 1.89. The van der Waals surface area contributed by atoms with Gasteiger partial charge < -0.3 is 0 Å². The summed E-state index contributed by atoms with van der Waals surface area (Å²) in [5, 5.41) is 0. The standard InChI is InChI=1S/C6H3BBrI/c7-4-1-5(8)3-6(9)2-4/h1-3H. The molecule has 0 fully saturated rings. The molecule has 0 spiro atoms. The summed E-state index contributed by atoms with van der Waals surface area (Å²) in [6, 6.07) is 5.81. The molecular weight excluding hydrogens is 290 g/mol. The van der Waals surface area contributed by atoms with Crippen LogP contribution in [0.25, 0.3) is 0 Å². The number of benzene rings is 1. The van der Waals surface area contributed by atoms with Gasteiger partial charge in [0.25, 0.3) is 0 Å². The maximum absolute atomic E-state index is 5.52. The van der Waals surface area contributed by atoms with Crippen LogP contribution in [0.5, 0.6) is 0 Å². The first-order valence-corrected chi connectivity index (χ1v) is 4.27. The first kappa shape index (κ1) is 7.60. The zero-order chi connectivity index (χ0) is 6.85. The minimum absolute atomic E-state index is 0.800. The van der Waals surface area contributed by atoms with E-state index in [1.807, 2.05) is 18.2 Å². The van der Waals surface area contributed by atoms with Crippen molar-refractivity contribution in [2.45, 2.75) is 0 Å². The third kappa shape index (κ3) is 2.30. The van der Waals surface area contributed by atoms with Crippen molar-refractivity contribution >= 4 is 51.8 Å². The second kappa shape index (κ2) is 3.06. The van der Waals surface area contributed by atoms with Gasteiger partial charge in [-0.25, -0.2) is 0 Å². The maximum Gasteiger partial charge on any atom is 0.113 e. The van der Waals surface area contributed by atoms with Crippen molar-refractivity contribution in [2.75, 3.05) is 0 Å². The van der Waals surface area contributed by atoms with Crippen molar-refractivity contribution in [3.63, 3.8) is 0 Å². The monoisotopic (exact) mass is 292 g/mol. The molecule has 0 unspecified atom stereocenters. The lowest BCUT2D eigenvalue weighted by molar-refractivity contribution is 1.64. The summed E-state index contributed by atoms with van der Waals surface area (Å²) in [5.41, 5.74) is 0.800. The fourth-order valence-corrected chi connectivity index (χ4v) is 2.21. The lowest BCUT2D eigenvalue weighted by Crippen LogP contribution is -2.00. The molecule has 44 valence electrons. The van der Waals surface area contributed by atoms with Crippen LogP contribution in [0.4, 0.5) is 0 Å². The molecule has 1 aromatic rings. The van der Waals surface area contributed by atoms with Gasteiger partial charge in [-0.2, -0.15) is 0 Å². The van der Waals surface area contributed by atoms with Crippen molar-refractivity contribution in [3.8, 4) is 0 Å². The van der Waals surface area contributed by atoms with E-state index < -0.39 is 0 Å². The summed E-state index contributed by atoms with van der Waals surface area (Å²) in [7, 11) is 5.52. The molecule has 0 aromatic heterocycles. The smallest absolute Gasteiger partial charge is 0.0945 e. The van der Waals surface area contributed by atoms with E-state index in [9.17, 15) is 0 Å². The van der Waals surface area contributed by atoms with Gasteiger partial charge in [0.05, 0.1) is 0 Å². The lowest BCUT2D eigenvalue weighted by Gasteiger charge is -1.94. The summed E-state index contributed by atoms with van der Waals surface area (Å²) in [5.74, 6) is 0. The van der Waals surface area contributed by atoms with Crippen molar-refractivity contribution in [2.24, 2.45) is 0 Å². The second-order valence-corrected chi connectivity index (χ2v) is 3.86. The van der Waals surface area contributed by atoms with Crippen LogP contribution in [0.3, 0.4) is 0 Å². The van der Waals surface area contributed by atoms with Crippen molar-refractivity contribution < 1.29 is 0 Å². The molecule has 3 heteroatoms. The molecule has 0 saturated heterocycles. The van der Waals surface area contributed by atoms with E-state index >= 15 is 0 Å². The Morgan fingerprint density at radius 3 is 2.44 bits per heavy atom. The van der Waals surface area contributed by atoms with Crippen LogP contribution >= 0.6 is 38.5 Å². The normalized spacial score (nSPS) is 9.56. The summed E-state index contributed by atoms with van der Waals surface area (Å²) in [4.78, 5) is 0. The highest BCUT2D eigenvalue weighted by molar-refractivity contribution is 14.1. The SMILES string of the molecule is [B]c1cc(Br)cc(I)c1. The Morgan fingerprint density at radius 1 is 1.33 bits per heavy atom. The first-order chi connectivity index (χ1) is 4.18. The van der Waals surface area contributed by atoms with Gasteiger partial charge in [0, 0.05) is 8.04 Å². The first-order valence-electron chi connectivity index (χ1n) is 2.40. The van der Waals surface area contributed by atoms with Crippen molar-refractivity contribution in [1.82, 2.24) is 0 Å². The van der Waals surface area contributed by atoms with Crippen LogP contribution in [0, 0.1) is 3.57 Å². The molecule has 0 aliphatic carbocycles. The number of hydrogen-bond acceptors (Lipinski definition) is 0. The number of hydrogen-bond donors (Lipinski definition) is 0. The third-order valence-corrected chi connectivity index (χ3v) is 1.97. The van der Waals surface area contributed by atoms with Gasteiger partial charge in [0.1, 0.15) is 7.85 Å². The van der Waals surface area contributed by atoms with Crippen LogP contribution in [-0.4, -0.2) is 7.85 Å².